The van der Waals surface area contributed by atoms with Crippen molar-refractivity contribution in [3.63, 3.8) is 0 Å². The number of sulfonamides is 1. The summed E-state index contributed by atoms with van der Waals surface area (Å²) in [5, 5.41) is 2.73. The Balaban J connectivity index is 1.50. The first-order valence-corrected chi connectivity index (χ1v) is 13.1. The number of carbonyl (C=O) groups excluding carboxylic acids is 2. The predicted molar refractivity (Wildman–Crippen MR) is 121 cm³/mol. The number of hydrogen-bond donors (Lipinski definition) is 1. The van der Waals surface area contributed by atoms with Gasteiger partial charge >= 0.3 is 0 Å². The van der Waals surface area contributed by atoms with E-state index < -0.39 is 10.0 Å². The molecule has 172 valence electrons. The molecule has 3 rings (SSSR count). The van der Waals surface area contributed by atoms with Crippen molar-refractivity contribution in [3.05, 3.63) is 24.3 Å². The number of benzene rings is 1. The van der Waals surface area contributed by atoms with E-state index in [1.54, 1.807) is 23.1 Å². The number of thioether (sulfide) groups is 1. The van der Waals surface area contributed by atoms with Crippen molar-refractivity contribution in [3.8, 4) is 0 Å². The van der Waals surface area contributed by atoms with Crippen LogP contribution < -0.4 is 5.32 Å². The Hall–Kier alpha value is -1.66. The molecular formula is C20H30N4O5S2. The fourth-order valence-corrected chi connectivity index (χ4v) is 5.69. The Labute approximate surface area is 188 Å². The van der Waals surface area contributed by atoms with E-state index in [-0.39, 0.29) is 28.2 Å². The molecule has 0 aromatic heterocycles. The second-order valence-electron chi connectivity index (χ2n) is 7.40. The van der Waals surface area contributed by atoms with Gasteiger partial charge in [0.1, 0.15) is 0 Å². The molecule has 2 aliphatic rings. The van der Waals surface area contributed by atoms with Gasteiger partial charge in [0.25, 0.3) is 0 Å². The number of anilines is 1. The summed E-state index contributed by atoms with van der Waals surface area (Å²) in [6.07, 6.45) is 0. The second-order valence-corrected chi connectivity index (χ2v) is 10.3. The smallest absolute Gasteiger partial charge is 0.243 e. The van der Waals surface area contributed by atoms with E-state index in [9.17, 15) is 18.0 Å². The Bertz CT molecular complexity index is 866. The fourth-order valence-electron chi connectivity index (χ4n) is 3.50. The third-order valence-electron chi connectivity index (χ3n) is 5.36. The van der Waals surface area contributed by atoms with Crippen LogP contribution in [0.5, 0.6) is 0 Å². The highest BCUT2D eigenvalue weighted by Gasteiger charge is 2.28. The van der Waals surface area contributed by atoms with Crippen molar-refractivity contribution in [2.24, 2.45) is 0 Å². The van der Waals surface area contributed by atoms with E-state index in [0.29, 0.717) is 58.2 Å². The summed E-state index contributed by atoms with van der Waals surface area (Å²) in [5.74, 6) is 0.0701. The van der Waals surface area contributed by atoms with E-state index >= 15 is 0 Å². The van der Waals surface area contributed by atoms with E-state index in [4.69, 9.17) is 4.74 Å². The number of carbonyl (C=O) groups is 2. The highest BCUT2D eigenvalue weighted by molar-refractivity contribution is 8.00. The molecule has 0 bridgehead atoms. The number of nitrogens with one attached hydrogen (secondary N) is 1. The minimum absolute atomic E-state index is 0.00244. The Morgan fingerprint density at radius 3 is 2.45 bits per heavy atom. The third-order valence-corrected chi connectivity index (χ3v) is 8.17. The van der Waals surface area contributed by atoms with Crippen LogP contribution in [0, 0.1) is 0 Å². The molecule has 0 aliphatic carbocycles. The molecule has 2 heterocycles. The average Bonchev–Trinajstić information content (AvgIpc) is 2.79. The normalized spacial score (nSPS) is 18.7. The maximum atomic E-state index is 13.0. The molecule has 0 radical (unpaired) electrons. The lowest BCUT2D eigenvalue weighted by Crippen LogP contribution is -2.48. The van der Waals surface area contributed by atoms with Crippen molar-refractivity contribution in [2.75, 3.05) is 75.8 Å². The largest absolute Gasteiger partial charge is 0.378 e. The Morgan fingerprint density at radius 1 is 1.06 bits per heavy atom. The van der Waals surface area contributed by atoms with Crippen molar-refractivity contribution in [1.29, 1.82) is 0 Å². The molecule has 0 unspecified atom stereocenters. The van der Waals surface area contributed by atoms with Crippen molar-refractivity contribution in [2.45, 2.75) is 11.8 Å². The number of rotatable bonds is 8. The Kier molecular flexibility index (Phi) is 8.73. The van der Waals surface area contributed by atoms with Gasteiger partial charge < -0.3 is 19.9 Å². The number of hydrogen-bond acceptors (Lipinski definition) is 7. The van der Waals surface area contributed by atoms with E-state index in [1.807, 2.05) is 0 Å². The quantitative estimate of drug-likeness (QED) is 0.592. The molecule has 1 aromatic rings. The van der Waals surface area contributed by atoms with Crippen LogP contribution in [0.25, 0.3) is 0 Å². The van der Waals surface area contributed by atoms with Gasteiger partial charge in [0, 0.05) is 45.0 Å². The van der Waals surface area contributed by atoms with E-state index in [1.165, 1.54) is 22.1 Å². The van der Waals surface area contributed by atoms with Gasteiger partial charge in [-0.15, -0.1) is 11.8 Å². The molecule has 9 nitrogen and oxygen atoms in total. The second kappa shape index (κ2) is 11.3. The van der Waals surface area contributed by atoms with Gasteiger partial charge in [-0.25, -0.2) is 8.42 Å². The van der Waals surface area contributed by atoms with Crippen LogP contribution in [0.1, 0.15) is 6.92 Å². The van der Waals surface area contributed by atoms with Gasteiger partial charge in [0.15, 0.2) is 0 Å². The lowest BCUT2D eigenvalue weighted by atomic mass is 10.3. The SMILES string of the molecule is CCN1CCN(S(=O)(=O)c2cccc(NC(=O)CSCC(=O)N3CCOCC3)c2)CC1. The number of morpholine rings is 1. The molecule has 1 N–H and O–H groups in total. The van der Waals surface area contributed by atoms with Gasteiger partial charge in [0.2, 0.25) is 21.8 Å². The van der Waals surface area contributed by atoms with Gasteiger partial charge in [-0.1, -0.05) is 13.0 Å². The summed E-state index contributed by atoms with van der Waals surface area (Å²) in [6, 6.07) is 6.32. The summed E-state index contributed by atoms with van der Waals surface area (Å²) >= 11 is 1.24. The number of nitrogens with zero attached hydrogens (tertiary/aromatic N) is 3. The highest BCUT2D eigenvalue weighted by Crippen LogP contribution is 2.21. The summed E-state index contributed by atoms with van der Waals surface area (Å²) in [5.41, 5.74) is 0.429. The van der Waals surface area contributed by atoms with Gasteiger partial charge in [-0.05, 0) is 24.7 Å². The molecule has 2 aliphatic heterocycles. The molecule has 1 aromatic carbocycles. The van der Waals surface area contributed by atoms with Crippen LogP contribution >= 0.6 is 11.8 Å². The molecule has 0 spiro atoms. The van der Waals surface area contributed by atoms with Gasteiger partial charge in [-0.2, -0.15) is 4.31 Å². The minimum Gasteiger partial charge on any atom is -0.378 e. The molecule has 31 heavy (non-hydrogen) atoms. The van der Waals surface area contributed by atoms with Crippen molar-refractivity contribution >= 4 is 39.3 Å². The fraction of sp³-hybridized carbons (Fsp3) is 0.600. The molecule has 2 fully saturated rings. The van der Waals surface area contributed by atoms with Crippen LogP contribution in [0.4, 0.5) is 5.69 Å². The monoisotopic (exact) mass is 470 g/mol. The summed E-state index contributed by atoms with van der Waals surface area (Å²) < 4.78 is 32.6. The van der Waals surface area contributed by atoms with Crippen molar-refractivity contribution in [1.82, 2.24) is 14.1 Å². The number of likely N-dealkylation sites (N-methyl/N-ethyl adjacent to an activating group) is 1. The first-order chi connectivity index (χ1) is 14.9. The lowest BCUT2D eigenvalue weighted by Gasteiger charge is -2.33. The molecule has 2 amide bonds. The molecule has 0 atom stereocenters. The molecule has 0 saturated carbocycles. The zero-order chi connectivity index (χ0) is 22.3. The highest BCUT2D eigenvalue weighted by atomic mass is 32.2. The first kappa shape index (κ1) is 24.0. The predicted octanol–water partition coefficient (Wildman–Crippen LogP) is 0.543. The summed E-state index contributed by atoms with van der Waals surface area (Å²) in [7, 11) is -3.60. The standard InChI is InChI=1S/C20H30N4O5S2/c1-2-22-6-8-24(9-7-22)31(27,28)18-5-3-4-17(14-18)21-19(25)15-30-16-20(26)23-10-12-29-13-11-23/h3-5,14H,2,6-13,15-16H2,1H3,(H,21,25). The summed E-state index contributed by atoms with van der Waals surface area (Å²) in [4.78, 5) is 28.5. The van der Waals surface area contributed by atoms with Gasteiger partial charge in [0.05, 0.1) is 29.6 Å². The van der Waals surface area contributed by atoms with Crippen LogP contribution in [-0.4, -0.2) is 105 Å². The van der Waals surface area contributed by atoms with Crippen LogP contribution in [-0.2, 0) is 24.3 Å². The number of amides is 2. The van der Waals surface area contributed by atoms with Crippen LogP contribution in [0.2, 0.25) is 0 Å². The van der Waals surface area contributed by atoms with E-state index in [2.05, 4.69) is 17.1 Å². The first-order valence-electron chi connectivity index (χ1n) is 10.5. The maximum Gasteiger partial charge on any atom is 0.243 e. The van der Waals surface area contributed by atoms with Crippen LogP contribution in [0.15, 0.2) is 29.2 Å². The maximum absolute atomic E-state index is 13.0. The average molecular weight is 471 g/mol. The van der Waals surface area contributed by atoms with Crippen molar-refractivity contribution < 1.29 is 22.7 Å². The summed E-state index contributed by atoms with van der Waals surface area (Å²) in [6.45, 7) is 7.58. The molecule has 11 heteroatoms. The van der Waals surface area contributed by atoms with Crippen LogP contribution in [0.3, 0.4) is 0 Å². The topological polar surface area (TPSA) is 99.3 Å². The van der Waals surface area contributed by atoms with Gasteiger partial charge in [-0.3, -0.25) is 9.59 Å². The number of ether oxygens (including phenoxy) is 1. The van der Waals surface area contributed by atoms with E-state index in [0.717, 1.165) is 6.54 Å². The Morgan fingerprint density at radius 2 is 1.77 bits per heavy atom. The molecule has 2 saturated heterocycles. The third kappa shape index (κ3) is 6.66. The lowest BCUT2D eigenvalue weighted by molar-refractivity contribution is -0.132. The number of piperazine rings is 1. The minimum atomic E-state index is -3.60. The molecular weight excluding hydrogens is 440 g/mol. The zero-order valence-corrected chi connectivity index (χ0v) is 19.4. The zero-order valence-electron chi connectivity index (χ0n) is 17.8.